The molecule has 2 nitrogen and oxygen atoms in total. The van der Waals surface area contributed by atoms with Crippen LogP contribution in [-0.4, -0.2) is 25.4 Å². The Balaban J connectivity index is 3.99. The van der Waals surface area contributed by atoms with Crippen LogP contribution in [0.4, 0.5) is 8.78 Å². The Labute approximate surface area is 70.9 Å². The van der Waals surface area contributed by atoms with Gasteiger partial charge < -0.3 is 4.74 Å². The van der Waals surface area contributed by atoms with E-state index in [0.717, 1.165) is 0 Å². The number of hydrogen-bond acceptors (Lipinski definition) is 2. The van der Waals surface area contributed by atoms with Crippen LogP contribution in [-0.2, 0) is 9.53 Å². The quantitative estimate of drug-likeness (QED) is 0.620. The molecule has 0 heterocycles. The van der Waals surface area contributed by atoms with Gasteiger partial charge >= 0.3 is 5.97 Å². The normalized spacial score (nSPS) is 11.8. The number of hydrogen-bond donors (Lipinski definition) is 0. The van der Waals surface area contributed by atoms with Crippen LogP contribution in [0.3, 0.4) is 0 Å². The maximum Gasteiger partial charge on any atom is 0.311 e. The summed E-state index contributed by atoms with van der Waals surface area (Å²) in [5, 5.41) is 0. The van der Waals surface area contributed by atoms with E-state index < -0.39 is 30.8 Å². The molecule has 72 valence electrons. The zero-order chi connectivity index (χ0) is 9.78. The number of halogens is 2. The molecule has 0 saturated carbocycles. The molecule has 0 saturated heterocycles. The molecule has 0 amide bonds. The minimum Gasteiger partial charge on any atom is -0.456 e. The number of carbonyl (C=O) groups excluding carboxylic acids is 1. The van der Waals surface area contributed by atoms with Crippen LogP contribution in [0.5, 0.6) is 0 Å². The van der Waals surface area contributed by atoms with Crippen LogP contribution >= 0.6 is 0 Å². The topological polar surface area (TPSA) is 26.3 Å². The van der Waals surface area contributed by atoms with E-state index in [1.807, 2.05) is 0 Å². The summed E-state index contributed by atoms with van der Waals surface area (Å²) in [6.07, 6.45) is -1.24. The Morgan fingerprint density at radius 2 is 1.75 bits per heavy atom. The predicted molar refractivity (Wildman–Crippen MR) is 41.3 cm³/mol. The molecule has 0 spiro atoms. The van der Waals surface area contributed by atoms with Crippen molar-refractivity contribution in [2.75, 3.05) is 13.3 Å². The third-order valence-electron chi connectivity index (χ3n) is 1.23. The second-order valence-corrected chi connectivity index (χ2v) is 3.59. The Kier molecular flexibility index (Phi) is 4.13. The van der Waals surface area contributed by atoms with Gasteiger partial charge in [0.25, 0.3) is 0 Å². The van der Waals surface area contributed by atoms with Crippen LogP contribution in [0, 0.1) is 5.41 Å². The lowest BCUT2D eigenvalue weighted by Gasteiger charge is -2.19. The molecule has 0 radical (unpaired) electrons. The van der Waals surface area contributed by atoms with Crippen LogP contribution in [0.15, 0.2) is 0 Å². The van der Waals surface area contributed by atoms with E-state index in [2.05, 4.69) is 4.74 Å². The molecular formula is C8H14F2O2. The largest absolute Gasteiger partial charge is 0.456 e. The summed E-state index contributed by atoms with van der Waals surface area (Å²) in [7, 11) is 0. The fourth-order valence-electron chi connectivity index (χ4n) is 0.432. The Morgan fingerprint density at radius 1 is 1.33 bits per heavy atom. The molecule has 0 aromatic carbocycles. The highest BCUT2D eigenvalue weighted by Crippen LogP contribution is 2.16. The van der Waals surface area contributed by atoms with Crippen LogP contribution in [0.2, 0.25) is 0 Å². The number of ether oxygens (including phenoxy) is 1. The van der Waals surface area contributed by atoms with Gasteiger partial charge in [0.15, 0.2) is 6.10 Å². The molecule has 12 heavy (non-hydrogen) atoms. The van der Waals surface area contributed by atoms with E-state index in [1.165, 1.54) is 0 Å². The molecule has 0 atom stereocenters. The Hall–Kier alpha value is -0.670. The fraction of sp³-hybridized carbons (Fsp3) is 0.875. The third-order valence-corrected chi connectivity index (χ3v) is 1.23. The van der Waals surface area contributed by atoms with Crippen LogP contribution < -0.4 is 0 Å². The van der Waals surface area contributed by atoms with Gasteiger partial charge in [-0.3, -0.25) is 4.79 Å². The summed E-state index contributed by atoms with van der Waals surface area (Å²) in [6.45, 7) is 2.94. The summed E-state index contributed by atoms with van der Waals surface area (Å²) in [6, 6.07) is 0. The molecule has 0 fully saturated rings. The highest BCUT2D eigenvalue weighted by Gasteiger charge is 2.26. The van der Waals surface area contributed by atoms with Gasteiger partial charge in [0.1, 0.15) is 13.3 Å². The van der Waals surface area contributed by atoms with E-state index in [4.69, 9.17) is 0 Å². The molecule has 0 aromatic heterocycles. The van der Waals surface area contributed by atoms with Gasteiger partial charge in [-0.05, 0) is 20.8 Å². The summed E-state index contributed by atoms with van der Waals surface area (Å²) in [5.41, 5.74) is -0.706. The average Bonchev–Trinajstić information content (AvgIpc) is 1.97. The van der Waals surface area contributed by atoms with Crippen molar-refractivity contribution in [1.82, 2.24) is 0 Å². The molecule has 0 N–H and O–H groups in total. The molecular weight excluding hydrogens is 166 g/mol. The molecule has 0 aliphatic carbocycles. The molecule has 0 aromatic rings. The van der Waals surface area contributed by atoms with Crippen molar-refractivity contribution in [3.05, 3.63) is 0 Å². The monoisotopic (exact) mass is 180 g/mol. The van der Waals surface area contributed by atoms with Gasteiger partial charge in [-0.25, -0.2) is 8.78 Å². The van der Waals surface area contributed by atoms with E-state index in [0.29, 0.717) is 0 Å². The first-order valence-electron chi connectivity index (χ1n) is 3.74. The fourth-order valence-corrected chi connectivity index (χ4v) is 0.432. The lowest BCUT2D eigenvalue weighted by molar-refractivity contribution is -0.160. The highest BCUT2D eigenvalue weighted by molar-refractivity contribution is 5.75. The summed E-state index contributed by atoms with van der Waals surface area (Å²) >= 11 is 0. The number of carbonyl (C=O) groups is 1. The van der Waals surface area contributed by atoms with Crippen molar-refractivity contribution >= 4 is 5.97 Å². The maximum atomic E-state index is 11.9. The zero-order valence-electron chi connectivity index (χ0n) is 7.56. The van der Waals surface area contributed by atoms with E-state index in [9.17, 15) is 13.6 Å². The van der Waals surface area contributed by atoms with Gasteiger partial charge in [0.05, 0.1) is 5.41 Å². The lowest BCUT2D eigenvalue weighted by Crippen LogP contribution is -2.30. The van der Waals surface area contributed by atoms with Crippen molar-refractivity contribution in [3.8, 4) is 0 Å². The van der Waals surface area contributed by atoms with Gasteiger partial charge in [-0.1, -0.05) is 0 Å². The average molecular weight is 180 g/mol. The first-order valence-corrected chi connectivity index (χ1v) is 3.74. The first kappa shape index (κ1) is 11.3. The van der Waals surface area contributed by atoms with Crippen LogP contribution in [0.25, 0.3) is 0 Å². The molecule has 0 unspecified atom stereocenters. The van der Waals surface area contributed by atoms with Gasteiger partial charge in [-0.2, -0.15) is 0 Å². The van der Waals surface area contributed by atoms with Crippen molar-refractivity contribution in [1.29, 1.82) is 0 Å². The van der Waals surface area contributed by atoms with E-state index in [1.54, 1.807) is 20.8 Å². The maximum absolute atomic E-state index is 11.9. The van der Waals surface area contributed by atoms with E-state index >= 15 is 0 Å². The van der Waals surface area contributed by atoms with Crippen molar-refractivity contribution in [2.24, 2.45) is 5.41 Å². The lowest BCUT2D eigenvalue weighted by atomic mass is 9.97. The minimum absolute atomic E-state index is 0.581. The van der Waals surface area contributed by atoms with E-state index in [-0.39, 0.29) is 0 Å². The second kappa shape index (κ2) is 4.38. The van der Waals surface area contributed by atoms with Crippen molar-refractivity contribution in [2.45, 2.75) is 26.9 Å². The molecule has 0 rings (SSSR count). The minimum atomic E-state index is -1.24. The molecule has 0 aliphatic rings. The second-order valence-electron chi connectivity index (χ2n) is 3.59. The standard InChI is InChI=1S/C8H14F2O2/c1-8(2,3)7(11)12-6(4-9)5-10/h6H,4-5H2,1-3H3. The zero-order valence-corrected chi connectivity index (χ0v) is 7.56. The Bertz CT molecular complexity index is 148. The van der Waals surface area contributed by atoms with Gasteiger partial charge in [-0.15, -0.1) is 0 Å². The smallest absolute Gasteiger partial charge is 0.311 e. The number of esters is 1. The molecule has 0 bridgehead atoms. The Morgan fingerprint density at radius 3 is 2.00 bits per heavy atom. The summed E-state index contributed by atoms with van der Waals surface area (Å²) < 4.78 is 28.3. The SMILES string of the molecule is CC(C)(C)C(=O)OC(CF)CF. The summed E-state index contributed by atoms with van der Waals surface area (Å²) in [5.74, 6) is -0.581. The first-order chi connectivity index (χ1) is 5.41. The highest BCUT2D eigenvalue weighted by atomic mass is 19.1. The molecule has 4 heteroatoms. The van der Waals surface area contributed by atoms with Gasteiger partial charge in [0, 0.05) is 0 Å². The van der Waals surface area contributed by atoms with Gasteiger partial charge in [0.2, 0.25) is 0 Å². The summed E-state index contributed by atoms with van der Waals surface area (Å²) in [4.78, 5) is 11.0. The van der Waals surface area contributed by atoms with Crippen molar-refractivity contribution < 1.29 is 18.3 Å². The third kappa shape index (κ3) is 3.64. The predicted octanol–water partition coefficient (Wildman–Crippen LogP) is 1.88. The van der Waals surface area contributed by atoms with Crippen LogP contribution in [0.1, 0.15) is 20.8 Å². The van der Waals surface area contributed by atoms with Crippen molar-refractivity contribution in [3.63, 3.8) is 0 Å². The number of rotatable bonds is 3. The molecule has 0 aliphatic heterocycles. The number of alkyl halides is 2.